The van der Waals surface area contributed by atoms with Gasteiger partial charge in [-0.2, -0.15) is 0 Å². The predicted molar refractivity (Wildman–Crippen MR) is 75.6 cm³/mol. The van der Waals surface area contributed by atoms with Crippen molar-refractivity contribution in [1.29, 1.82) is 0 Å². The second-order valence-corrected chi connectivity index (χ2v) is 6.92. The van der Waals surface area contributed by atoms with E-state index in [0.717, 1.165) is 24.5 Å². The largest absolute Gasteiger partial charge is 0.329 e. The normalized spacial score (nSPS) is 46.5. The third kappa shape index (κ3) is 1.83. The molecule has 0 saturated carbocycles. The molecule has 3 aliphatic heterocycles. The van der Waals surface area contributed by atoms with Gasteiger partial charge in [-0.25, -0.2) is 0 Å². The topological polar surface area (TPSA) is 32.5 Å². The third-order valence-electron chi connectivity index (χ3n) is 5.88. The molecule has 3 heteroatoms. The first-order valence-electron chi connectivity index (χ1n) is 7.88. The molecule has 3 heterocycles. The Morgan fingerprint density at radius 2 is 2.00 bits per heavy atom. The van der Waals surface area contributed by atoms with Gasteiger partial charge < -0.3 is 5.73 Å². The number of piperidine rings is 1. The summed E-state index contributed by atoms with van der Waals surface area (Å²) in [6, 6.07) is 1.47. The lowest BCUT2D eigenvalue weighted by Gasteiger charge is -2.50. The van der Waals surface area contributed by atoms with E-state index >= 15 is 0 Å². The molecule has 0 spiro atoms. The van der Waals surface area contributed by atoms with Crippen LogP contribution in [0.5, 0.6) is 0 Å². The highest BCUT2D eigenvalue weighted by Gasteiger charge is 2.53. The molecule has 0 radical (unpaired) electrons. The first-order chi connectivity index (χ1) is 8.67. The van der Waals surface area contributed by atoms with Crippen molar-refractivity contribution in [2.24, 2.45) is 11.7 Å². The summed E-state index contributed by atoms with van der Waals surface area (Å²) in [6.07, 6.45) is 6.77. The van der Waals surface area contributed by atoms with E-state index in [2.05, 4.69) is 23.6 Å². The summed E-state index contributed by atoms with van der Waals surface area (Å²) in [5.41, 5.74) is 6.59. The zero-order chi connectivity index (χ0) is 12.8. The summed E-state index contributed by atoms with van der Waals surface area (Å²) in [5, 5.41) is 0. The van der Waals surface area contributed by atoms with Crippen LogP contribution < -0.4 is 5.73 Å². The highest BCUT2D eigenvalue weighted by molar-refractivity contribution is 5.11. The van der Waals surface area contributed by atoms with Gasteiger partial charge in [0, 0.05) is 25.2 Å². The quantitative estimate of drug-likeness (QED) is 0.810. The van der Waals surface area contributed by atoms with Crippen LogP contribution in [0.3, 0.4) is 0 Å². The van der Waals surface area contributed by atoms with Crippen LogP contribution in [0.2, 0.25) is 0 Å². The molecule has 4 unspecified atom stereocenters. The molecule has 0 bridgehead atoms. The Morgan fingerprint density at radius 3 is 2.72 bits per heavy atom. The molecule has 4 atom stereocenters. The average Bonchev–Trinajstić information content (AvgIpc) is 2.91. The van der Waals surface area contributed by atoms with Crippen LogP contribution >= 0.6 is 0 Å². The Bertz CT molecular complexity index is 306. The molecule has 18 heavy (non-hydrogen) atoms. The molecule has 3 fully saturated rings. The Kier molecular flexibility index (Phi) is 3.41. The molecule has 3 saturated heterocycles. The van der Waals surface area contributed by atoms with Gasteiger partial charge >= 0.3 is 0 Å². The highest BCUT2D eigenvalue weighted by Crippen LogP contribution is 2.42. The molecule has 104 valence electrons. The van der Waals surface area contributed by atoms with E-state index in [1.165, 1.54) is 51.7 Å². The lowest BCUT2D eigenvalue weighted by Crippen LogP contribution is -2.64. The van der Waals surface area contributed by atoms with Crippen molar-refractivity contribution in [2.45, 2.75) is 63.6 Å². The van der Waals surface area contributed by atoms with Gasteiger partial charge in [0.2, 0.25) is 0 Å². The molecule has 0 aromatic rings. The van der Waals surface area contributed by atoms with E-state index < -0.39 is 0 Å². The molecule has 3 rings (SSSR count). The van der Waals surface area contributed by atoms with Gasteiger partial charge in [0.15, 0.2) is 0 Å². The van der Waals surface area contributed by atoms with Gasteiger partial charge in [0.25, 0.3) is 0 Å². The summed E-state index contributed by atoms with van der Waals surface area (Å²) < 4.78 is 0. The fourth-order valence-electron chi connectivity index (χ4n) is 4.97. The molecule has 0 aromatic heterocycles. The summed E-state index contributed by atoms with van der Waals surface area (Å²) in [6.45, 7) is 9.53. The van der Waals surface area contributed by atoms with E-state index in [0.29, 0.717) is 5.54 Å². The fourth-order valence-corrected chi connectivity index (χ4v) is 4.97. The Morgan fingerprint density at radius 1 is 1.17 bits per heavy atom. The average molecular weight is 251 g/mol. The van der Waals surface area contributed by atoms with E-state index in [1.807, 2.05) is 0 Å². The summed E-state index contributed by atoms with van der Waals surface area (Å²) in [4.78, 5) is 5.50. The van der Waals surface area contributed by atoms with Crippen molar-refractivity contribution in [2.75, 3.05) is 26.2 Å². The lowest BCUT2D eigenvalue weighted by atomic mass is 9.81. The molecular weight excluding hydrogens is 222 g/mol. The zero-order valence-electron chi connectivity index (χ0n) is 12.1. The van der Waals surface area contributed by atoms with Crippen molar-refractivity contribution in [1.82, 2.24) is 9.80 Å². The predicted octanol–water partition coefficient (Wildman–Crippen LogP) is 1.67. The van der Waals surface area contributed by atoms with Crippen LogP contribution in [0.15, 0.2) is 0 Å². The third-order valence-corrected chi connectivity index (χ3v) is 5.88. The molecule has 0 amide bonds. The van der Waals surface area contributed by atoms with Crippen LogP contribution in [-0.4, -0.2) is 53.6 Å². The SMILES string of the molecule is CC1CCN(C2(CN)CCN3CCCC32)C(C)C1. The summed E-state index contributed by atoms with van der Waals surface area (Å²) in [7, 11) is 0. The van der Waals surface area contributed by atoms with Gasteiger partial charge in [0.05, 0.1) is 5.54 Å². The van der Waals surface area contributed by atoms with Gasteiger partial charge in [-0.3, -0.25) is 9.80 Å². The molecule has 0 aliphatic carbocycles. The second-order valence-electron chi connectivity index (χ2n) is 6.92. The second kappa shape index (κ2) is 4.77. The molecule has 2 N–H and O–H groups in total. The number of nitrogens with two attached hydrogens (primary N) is 1. The summed E-state index contributed by atoms with van der Waals surface area (Å²) in [5.74, 6) is 0.896. The Balaban J connectivity index is 1.83. The van der Waals surface area contributed by atoms with E-state index in [1.54, 1.807) is 0 Å². The number of fused-ring (bicyclic) bond motifs is 1. The first-order valence-corrected chi connectivity index (χ1v) is 7.88. The van der Waals surface area contributed by atoms with Gasteiger partial charge in [-0.15, -0.1) is 0 Å². The Labute approximate surface area is 112 Å². The van der Waals surface area contributed by atoms with Crippen molar-refractivity contribution < 1.29 is 0 Å². The first kappa shape index (κ1) is 12.9. The number of likely N-dealkylation sites (tertiary alicyclic amines) is 1. The summed E-state index contributed by atoms with van der Waals surface area (Å²) >= 11 is 0. The number of nitrogens with zero attached hydrogens (tertiary/aromatic N) is 2. The number of hydrogen-bond donors (Lipinski definition) is 1. The Hall–Kier alpha value is -0.120. The van der Waals surface area contributed by atoms with E-state index in [4.69, 9.17) is 5.73 Å². The maximum atomic E-state index is 6.28. The van der Waals surface area contributed by atoms with Crippen molar-refractivity contribution in [3.05, 3.63) is 0 Å². The molecular formula is C15H29N3. The van der Waals surface area contributed by atoms with E-state index in [9.17, 15) is 0 Å². The molecule has 0 aromatic carbocycles. The minimum Gasteiger partial charge on any atom is -0.329 e. The van der Waals surface area contributed by atoms with Gasteiger partial charge in [0.1, 0.15) is 0 Å². The maximum Gasteiger partial charge on any atom is 0.0501 e. The van der Waals surface area contributed by atoms with Gasteiger partial charge in [-0.1, -0.05) is 6.92 Å². The van der Waals surface area contributed by atoms with E-state index in [-0.39, 0.29) is 0 Å². The number of rotatable bonds is 2. The van der Waals surface area contributed by atoms with Crippen molar-refractivity contribution in [3.63, 3.8) is 0 Å². The minimum absolute atomic E-state index is 0.302. The highest BCUT2D eigenvalue weighted by atomic mass is 15.3. The molecule has 3 aliphatic rings. The van der Waals surface area contributed by atoms with Gasteiger partial charge in [-0.05, 0) is 58.0 Å². The number of hydrogen-bond acceptors (Lipinski definition) is 3. The maximum absolute atomic E-state index is 6.28. The van der Waals surface area contributed by atoms with Crippen molar-refractivity contribution >= 4 is 0 Å². The zero-order valence-corrected chi connectivity index (χ0v) is 12.1. The van der Waals surface area contributed by atoms with Crippen LogP contribution in [0, 0.1) is 5.92 Å². The monoisotopic (exact) mass is 251 g/mol. The van der Waals surface area contributed by atoms with Crippen LogP contribution in [0.1, 0.15) is 46.0 Å². The smallest absolute Gasteiger partial charge is 0.0501 e. The van der Waals surface area contributed by atoms with Crippen LogP contribution in [0.4, 0.5) is 0 Å². The molecule has 3 nitrogen and oxygen atoms in total. The van der Waals surface area contributed by atoms with Crippen molar-refractivity contribution in [3.8, 4) is 0 Å². The fraction of sp³-hybridized carbons (Fsp3) is 1.00. The lowest BCUT2D eigenvalue weighted by molar-refractivity contribution is -0.00171. The van der Waals surface area contributed by atoms with Crippen LogP contribution in [-0.2, 0) is 0 Å². The minimum atomic E-state index is 0.302. The standard InChI is InChI=1S/C15H29N3/c1-12-5-8-18(13(2)10-12)15(11-16)6-9-17-7-3-4-14(15)17/h12-14H,3-11,16H2,1-2H3. The van der Waals surface area contributed by atoms with Crippen LogP contribution in [0.25, 0.3) is 0 Å².